The van der Waals surface area contributed by atoms with E-state index >= 15 is 0 Å². The highest BCUT2D eigenvalue weighted by molar-refractivity contribution is 7.71. The summed E-state index contributed by atoms with van der Waals surface area (Å²) in [5.41, 5.74) is 1.31. The lowest BCUT2D eigenvalue weighted by Gasteiger charge is -2.12. The monoisotopic (exact) mass is 391 g/mol. The number of unbranched alkanes of at least 4 members (excludes halogenated alkanes) is 1. The highest BCUT2D eigenvalue weighted by Gasteiger charge is 2.24. The minimum Gasteiger partial charge on any atom is -0.494 e. The van der Waals surface area contributed by atoms with Crippen LogP contribution in [0.15, 0.2) is 9.79 Å². The molecule has 3 N–H and O–H groups in total. The number of rotatable bonds is 6. The van der Waals surface area contributed by atoms with Crippen molar-refractivity contribution >= 4 is 40.6 Å². The van der Waals surface area contributed by atoms with E-state index in [1.165, 1.54) is 22.4 Å². The zero-order valence-corrected chi connectivity index (χ0v) is 16.2. The van der Waals surface area contributed by atoms with Gasteiger partial charge in [0, 0.05) is 17.5 Å². The van der Waals surface area contributed by atoms with E-state index in [0.29, 0.717) is 17.0 Å². The number of fused-ring (bicyclic) bond motifs is 1. The Morgan fingerprint density at radius 2 is 2.12 bits per heavy atom. The quantitative estimate of drug-likeness (QED) is 0.390. The second kappa shape index (κ2) is 8.09. The summed E-state index contributed by atoms with van der Waals surface area (Å²) in [6.45, 7) is 2.06. The van der Waals surface area contributed by atoms with E-state index in [-0.39, 0.29) is 22.0 Å². The lowest BCUT2D eigenvalue weighted by Crippen LogP contribution is -2.13. The first kappa shape index (κ1) is 18.7. The van der Waals surface area contributed by atoms with Crippen molar-refractivity contribution in [1.29, 1.82) is 0 Å². The number of carbonyl (C=O) groups is 1. The van der Waals surface area contributed by atoms with Crippen molar-refractivity contribution in [2.45, 2.75) is 51.9 Å². The van der Waals surface area contributed by atoms with Gasteiger partial charge in [0.15, 0.2) is 10.6 Å². The van der Waals surface area contributed by atoms with Crippen LogP contribution >= 0.6 is 23.6 Å². The van der Waals surface area contributed by atoms with Crippen molar-refractivity contribution in [3.63, 3.8) is 0 Å². The predicted molar refractivity (Wildman–Crippen MR) is 106 cm³/mol. The Morgan fingerprint density at radius 1 is 1.35 bits per heavy atom. The molecule has 6 nitrogen and oxygen atoms in total. The number of aliphatic imine (C=N–C) groups is 1. The first-order valence-corrected chi connectivity index (χ1v) is 10.0. The van der Waals surface area contributed by atoms with Gasteiger partial charge in [-0.05, 0) is 49.9 Å². The summed E-state index contributed by atoms with van der Waals surface area (Å²) < 4.78 is 0.0478. The number of Topliss-reactive ketones (excluding diaryl/α,β-unsaturated/α-hetero) is 1. The maximum Gasteiger partial charge on any atom is 0.264 e. The summed E-state index contributed by atoms with van der Waals surface area (Å²) in [7, 11) is 0. The van der Waals surface area contributed by atoms with Crippen molar-refractivity contribution < 1.29 is 9.90 Å². The summed E-state index contributed by atoms with van der Waals surface area (Å²) in [5, 5.41) is 10.5. The van der Waals surface area contributed by atoms with Gasteiger partial charge in [-0.1, -0.05) is 13.3 Å². The van der Waals surface area contributed by atoms with Crippen molar-refractivity contribution in [2.75, 3.05) is 0 Å². The summed E-state index contributed by atoms with van der Waals surface area (Å²) in [5.74, 6) is -0.216. The number of aromatic amines is 2. The minimum atomic E-state index is -0.518. The molecule has 0 amide bonds. The third-order valence-electron chi connectivity index (χ3n) is 4.46. The maximum atomic E-state index is 12.7. The van der Waals surface area contributed by atoms with E-state index < -0.39 is 5.56 Å². The Hall–Kier alpha value is -2.06. The zero-order valence-electron chi connectivity index (χ0n) is 14.6. The fraction of sp³-hybridized carbons (Fsp3) is 0.444. The van der Waals surface area contributed by atoms with Gasteiger partial charge in [0.05, 0.1) is 5.56 Å². The highest BCUT2D eigenvalue weighted by Crippen LogP contribution is 2.40. The standard InChI is InChI=1S/C18H21N3O3S2/c1-2-3-7-12(22)14-10-6-4-5-8-13(10)26-17(14)19-9-11-15(23)20-18(25)21-16(11)24/h9H,2-8H2,1H3,(H3,20,21,23,24,25). The molecule has 2 aromatic heterocycles. The van der Waals surface area contributed by atoms with Crippen molar-refractivity contribution in [2.24, 2.45) is 4.99 Å². The number of nitrogens with one attached hydrogen (secondary N) is 2. The molecule has 0 saturated carbocycles. The molecule has 0 aromatic carbocycles. The molecule has 2 aromatic rings. The van der Waals surface area contributed by atoms with E-state index in [2.05, 4.69) is 21.9 Å². The maximum absolute atomic E-state index is 12.7. The number of H-pyrrole nitrogens is 2. The van der Waals surface area contributed by atoms with Crippen molar-refractivity contribution in [3.05, 3.63) is 36.7 Å². The number of ketones is 1. The van der Waals surface area contributed by atoms with Gasteiger partial charge in [-0.2, -0.15) is 0 Å². The van der Waals surface area contributed by atoms with Crippen LogP contribution in [0.4, 0.5) is 5.00 Å². The molecule has 138 valence electrons. The van der Waals surface area contributed by atoms with Crippen molar-refractivity contribution in [3.8, 4) is 5.88 Å². The fourth-order valence-corrected chi connectivity index (χ4v) is 4.56. The number of carbonyl (C=O) groups excluding carboxylic acids is 1. The number of aromatic hydroxyl groups is 1. The van der Waals surface area contributed by atoms with Crippen LogP contribution in [0.2, 0.25) is 0 Å². The average molecular weight is 392 g/mol. The van der Waals surface area contributed by atoms with Gasteiger partial charge in [-0.25, -0.2) is 4.99 Å². The van der Waals surface area contributed by atoms with Gasteiger partial charge < -0.3 is 10.1 Å². The van der Waals surface area contributed by atoms with Gasteiger partial charge in [0.25, 0.3) is 5.56 Å². The third kappa shape index (κ3) is 3.86. The molecule has 8 heteroatoms. The van der Waals surface area contributed by atoms with Gasteiger partial charge in [0.2, 0.25) is 5.88 Å². The van der Waals surface area contributed by atoms with Crippen LogP contribution in [-0.4, -0.2) is 27.1 Å². The number of aryl methyl sites for hydroxylation is 1. The van der Waals surface area contributed by atoms with Crippen LogP contribution in [0.25, 0.3) is 0 Å². The molecular formula is C18H21N3O3S2. The van der Waals surface area contributed by atoms with Gasteiger partial charge in [0.1, 0.15) is 10.6 Å². The summed E-state index contributed by atoms with van der Waals surface area (Å²) >= 11 is 6.33. The van der Waals surface area contributed by atoms with Crippen LogP contribution in [0.3, 0.4) is 0 Å². The largest absolute Gasteiger partial charge is 0.494 e. The predicted octanol–water partition coefficient (Wildman–Crippen LogP) is 4.20. The van der Waals surface area contributed by atoms with Gasteiger partial charge in [-0.15, -0.1) is 11.3 Å². The molecule has 0 unspecified atom stereocenters. The topological polar surface area (TPSA) is 98.3 Å². The van der Waals surface area contributed by atoms with Gasteiger partial charge in [-0.3, -0.25) is 14.6 Å². The lowest BCUT2D eigenvalue weighted by atomic mass is 9.92. The Balaban J connectivity index is 2.02. The first-order valence-electron chi connectivity index (χ1n) is 8.78. The molecule has 0 fully saturated rings. The SMILES string of the molecule is CCCCC(=O)c1c(N=Cc2c(O)[nH]c(=S)[nH]c2=O)sc2c1CCCC2. The minimum absolute atomic E-state index is 0.00284. The van der Waals surface area contributed by atoms with Crippen LogP contribution in [-0.2, 0) is 12.8 Å². The lowest BCUT2D eigenvalue weighted by molar-refractivity contribution is 0.0980. The molecule has 0 saturated heterocycles. The molecule has 1 aliphatic rings. The Kier molecular flexibility index (Phi) is 5.83. The van der Waals surface area contributed by atoms with Crippen LogP contribution < -0.4 is 5.56 Å². The number of nitrogens with zero attached hydrogens (tertiary/aromatic N) is 1. The van der Waals surface area contributed by atoms with E-state index in [4.69, 9.17) is 12.2 Å². The van der Waals surface area contributed by atoms with Crippen LogP contribution in [0.5, 0.6) is 5.88 Å². The van der Waals surface area contributed by atoms with E-state index in [1.807, 2.05) is 0 Å². The summed E-state index contributed by atoms with van der Waals surface area (Å²) in [6, 6.07) is 0. The molecule has 0 bridgehead atoms. The molecule has 0 spiro atoms. The van der Waals surface area contributed by atoms with E-state index in [0.717, 1.165) is 44.1 Å². The summed E-state index contributed by atoms with van der Waals surface area (Å²) in [4.78, 5) is 35.2. The number of hydrogen-bond donors (Lipinski definition) is 3. The van der Waals surface area contributed by atoms with Gasteiger partial charge >= 0.3 is 0 Å². The van der Waals surface area contributed by atoms with Crippen LogP contribution in [0.1, 0.15) is 65.4 Å². The second-order valence-electron chi connectivity index (χ2n) is 6.35. The third-order valence-corrected chi connectivity index (χ3v) is 5.86. The first-order chi connectivity index (χ1) is 12.5. The molecule has 26 heavy (non-hydrogen) atoms. The van der Waals surface area contributed by atoms with Crippen LogP contribution in [0, 0.1) is 4.77 Å². The fourth-order valence-electron chi connectivity index (χ4n) is 3.12. The number of aromatic nitrogens is 2. The Labute approximate surface area is 160 Å². The van der Waals surface area contributed by atoms with Crippen molar-refractivity contribution in [1.82, 2.24) is 9.97 Å². The highest BCUT2D eigenvalue weighted by atomic mass is 32.1. The number of thiophene rings is 1. The molecule has 2 heterocycles. The Bertz CT molecular complexity index is 969. The molecule has 3 rings (SSSR count). The molecule has 0 radical (unpaired) electrons. The molecule has 1 aliphatic carbocycles. The average Bonchev–Trinajstić information content (AvgIpc) is 2.97. The molecule has 0 atom stereocenters. The number of hydrogen-bond acceptors (Lipinski definition) is 6. The molecule has 0 aliphatic heterocycles. The second-order valence-corrected chi connectivity index (χ2v) is 7.84. The Morgan fingerprint density at radius 3 is 2.85 bits per heavy atom. The van der Waals surface area contributed by atoms with E-state index in [1.54, 1.807) is 0 Å². The molecular weight excluding hydrogens is 370 g/mol. The zero-order chi connectivity index (χ0) is 18.7. The smallest absolute Gasteiger partial charge is 0.264 e. The summed E-state index contributed by atoms with van der Waals surface area (Å²) in [6.07, 6.45) is 7.68. The normalized spacial score (nSPS) is 13.9. The van der Waals surface area contributed by atoms with E-state index in [9.17, 15) is 14.7 Å².